The molecular weight excluding hydrogens is 798 g/mol. The molecule has 2 N–H and O–H groups in total. The standard InChI is InChI=1S/C14H28O6.2Rf/c1-13(7-15,9-17-3)11-19-5-6-20-12-14(2,8-16)10-18-4;;/h15-16H,3-12H2,1-2H3;;. The summed E-state index contributed by atoms with van der Waals surface area (Å²) in [5.41, 5.74) is -0.690. The van der Waals surface area contributed by atoms with Crippen LogP contribution in [0.15, 0.2) is 0 Å². The first-order chi connectivity index (χ1) is 10.4. The summed E-state index contributed by atoms with van der Waals surface area (Å²) in [7, 11) is 1.67. The topological polar surface area (TPSA) is 77.4 Å². The first-order valence-corrected chi connectivity index (χ1v) is 16.6. The second kappa shape index (κ2) is 10.5. The molecule has 0 saturated heterocycles. The summed E-state index contributed by atoms with van der Waals surface area (Å²) in [6.45, 7) is 6.89. The molecule has 124 valence electrons. The Labute approximate surface area is 122 Å². The van der Waals surface area contributed by atoms with E-state index in [0.717, 1.165) is 14.2 Å². The Hall–Kier alpha value is -2.24. The van der Waals surface area contributed by atoms with Crippen LogP contribution in [0.2, 0.25) is 0 Å². The molecule has 0 aromatic heterocycles. The van der Waals surface area contributed by atoms with E-state index in [1.54, 1.807) is 0 Å². The van der Waals surface area contributed by atoms with Gasteiger partial charge < -0.3 is 0 Å². The van der Waals surface area contributed by atoms with Gasteiger partial charge in [0.2, 0.25) is 0 Å². The molecule has 22 heavy (non-hydrogen) atoms. The van der Waals surface area contributed by atoms with E-state index < -0.39 is 0 Å². The van der Waals surface area contributed by atoms with E-state index in [-0.39, 0.29) is 24.0 Å². The fraction of sp³-hybridized carbons (Fsp3) is 1.00. The van der Waals surface area contributed by atoms with Crippen LogP contribution in [0.1, 0.15) is 13.8 Å². The number of hydrogen-bond donors (Lipinski definition) is 2. The van der Waals surface area contributed by atoms with Gasteiger partial charge in [0.05, 0.1) is 0 Å². The fourth-order valence-electron chi connectivity index (χ4n) is 1.66. The molecule has 0 amide bonds. The summed E-state index contributed by atoms with van der Waals surface area (Å²) in [4.78, 5) is 0. The average molecular weight is 826 g/mol. The van der Waals surface area contributed by atoms with Crippen LogP contribution < -0.4 is 0 Å². The molecule has 0 aliphatic rings. The SMILES string of the molecule is CC(CO)(CO[CH2][Rf])COCCOCC(C)(CO)CO[CH2][Rf]. The van der Waals surface area contributed by atoms with E-state index in [2.05, 4.69) is 0 Å². The van der Waals surface area contributed by atoms with Gasteiger partial charge in [0.15, 0.2) is 0 Å². The van der Waals surface area contributed by atoms with Crippen molar-refractivity contribution >= 4 is 0 Å². The van der Waals surface area contributed by atoms with Crippen molar-refractivity contribution in [2.75, 3.05) is 67.1 Å². The third-order valence-electron chi connectivity index (χ3n) is 3.23. The minimum absolute atomic E-state index is 0.0468. The molecule has 0 saturated carbocycles. The summed E-state index contributed by atoms with van der Waals surface area (Å²) >= 11 is 0. The van der Waals surface area contributed by atoms with Gasteiger partial charge in [0, 0.05) is 0 Å². The molecular formula is C14H28O6Rf2. The maximum atomic E-state index is 9.42. The molecule has 2 unspecified atom stereocenters. The van der Waals surface area contributed by atoms with Crippen LogP contribution in [0.25, 0.3) is 0 Å². The van der Waals surface area contributed by atoms with E-state index >= 15 is 0 Å². The third kappa shape index (κ3) is 8.14. The van der Waals surface area contributed by atoms with Gasteiger partial charge in [-0.3, -0.25) is 0 Å². The molecule has 8 heteroatoms. The summed E-state index contributed by atoms with van der Waals surface area (Å²) in [6, 6.07) is 0. The molecule has 0 aromatic rings. The van der Waals surface area contributed by atoms with E-state index in [1.165, 1.54) is 0 Å². The quantitative estimate of drug-likeness (QED) is 0.228. The van der Waals surface area contributed by atoms with Gasteiger partial charge >= 0.3 is 121 Å². The number of aliphatic hydroxyl groups is 2. The van der Waals surface area contributed by atoms with Gasteiger partial charge in [-0.1, -0.05) is 0 Å². The first-order valence-electron chi connectivity index (χ1n) is 7.56. The Morgan fingerprint density at radius 1 is 0.682 bits per heavy atom. The van der Waals surface area contributed by atoms with Gasteiger partial charge in [-0.15, -0.1) is 0 Å². The van der Waals surface area contributed by atoms with Crippen molar-refractivity contribution in [1.82, 2.24) is 0 Å². The molecule has 2 atom stereocenters. The van der Waals surface area contributed by atoms with Crippen LogP contribution in [0.3, 0.4) is 0 Å². The van der Waals surface area contributed by atoms with Crippen molar-refractivity contribution in [3.63, 3.8) is 0 Å². The van der Waals surface area contributed by atoms with Gasteiger partial charge in [0.25, 0.3) is 0 Å². The van der Waals surface area contributed by atoms with Crippen LogP contribution in [0.5, 0.6) is 0 Å². The number of rotatable bonds is 15. The maximum absolute atomic E-state index is 9.42. The Bertz CT molecular complexity index is 246. The zero-order valence-corrected chi connectivity index (χ0v) is 26.8. The normalized spacial score (nSPS) is 17.3. The number of hydrogen-bond acceptors (Lipinski definition) is 6. The third-order valence-corrected chi connectivity index (χ3v) is 5.84. The number of ether oxygens (including phenoxy) is 4. The van der Waals surface area contributed by atoms with E-state index in [4.69, 9.17) is 18.9 Å². The average Bonchev–Trinajstić information content (AvgIpc) is 2.54. The Kier molecular flexibility index (Phi) is 9.41. The Morgan fingerprint density at radius 3 is 1.27 bits per heavy atom. The second-order valence-corrected chi connectivity index (χ2v) is 9.84. The summed E-state index contributed by atoms with van der Waals surface area (Å²) in [6.07, 6.45) is 0. The van der Waals surface area contributed by atoms with Gasteiger partial charge in [0.1, 0.15) is 0 Å². The Balaban J connectivity index is 3.83. The second-order valence-electron chi connectivity index (χ2n) is 6.15. The van der Waals surface area contributed by atoms with Gasteiger partial charge in [-0.25, -0.2) is 0 Å². The van der Waals surface area contributed by atoms with E-state index in [9.17, 15) is 10.2 Å². The molecule has 0 spiro atoms. The monoisotopic (exact) mass is 826 g/mol. The molecule has 6 nitrogen and oxygen atoms in total. The van der Waals surface area contributed by atoms with Crippen LogP contribution in [0.4, 0.5) is 0 Å². The summed E-state index contributed by atoms with van der Waals surface area (Å²) in [5.74, 6) is 0. The molecule has 0 aliphatic heterocycles. The zero-order chi connectivity index (χ0) is 16.9. The Morgan fingerprint density at radius 2 is 1.00 bits per heavy atom. The predicted octanol–water partition coefficient (Wildman–Crippen LogP) is 0.0636. The van der Waals surface area contributed by atoms with Crippen molar-refractivity contribution in [3.05, 3.63) is 0 Å². The first kappa shape index (κ1) is 19.8. The predicted molar refractivity (Wildman–Crippen MR) is 73.7 cm³/mol. The van der Waals surface area contributed by atoms with Crippen LogP contribution in [-0.2, 0) is 18.9 Å². The number of aliphatic hydroxyl groups excluding tert-OH is 2. The van der Waals surface area contributed by atoms with Gasteiger partial charge in [-0.05, 0) is 0 Å². The van der Waals surface area contributed by atoms with Gasteiger partial charge in [-0.2, -0.15) is 0 Å². The van der Waals surface area contributed by atoms with Crippen LogP contribution >= 0.6 is 0 Å². The molecule has 0 fully saturated rings. The zero-order valence-electron chi connectivity index (χ0n) is 14.0. The molecule has 0 aliphatic carbocycles. The van der Waals surface area contributed by atoms with Crippen LogP contribution in [-0.4, -0.2) is 77.3 Å². The molecule has 0 bridgehead atoms. The molecule has 0 radical (unpaired) electrons. The summed E-state index contributed by atoms with van der Waals surface area (Å²) < 4.78 is 23.1. The van der Waals surface area contributed by atoms with E-state index in [0.29, 0.717) is 39.6 Å². The molecule has 0 heterocycles. The van der Waals surface area contributed by atoms with Crippen molar-refractivity contribution in [2.45, 2.75) is 13.8 Å². The van der Waals surface area contributed by atoms with Crippen molar-refractivity contribution < 1.29 is 29.2 Å². The fourth-order valence-corrected chi connectivity index (χ4v) is 2.96. The van der Waals surface area contributed by atoms with Crippen LogP contribution in [0, 0.1) is 10.8 Å². The minimum atomic E-state index is -0.345. The van der Waals surface area contributed by atoms with Crippen molar-refractivity contribution in [1.29, 1.82) is 0 Å². The summed E-state index contributed by atoms with van der Waals surface area (Å²) in [5, 5.41) is 18.8. The molecule has 0 aromatic carbocycles. The molecule has 0 rings (SSSR count). The van der Waals surface area contributed by atoms with Crippen molar-refractivity contribution in [2.24, 2.45) is 10.8 Å². The van der Waals surface area contributed by atoms with Crippen molar-refractivity contribution in [3.8, 4) is 0 Å². The van der Waals surface area contributed by atoms with E-state index in [1.807, 2.05) is 13.8 Å².